The van der Waals surface area contributed by atoms with E-state index in [0.29, 0.717) is 12.5 Å². The van der Waals surface area contributed by atoms with E-state index in [-0.39, 0.29) is 0 Å². The van der Waals surface area contributed by atoms with E-state index in [1.165, 1.54) is 12.0 Å². The van der Waals surface area contributed by atoms with Crippen LogP contribution in [0.4, 0.5) is 5.82 Å². The summed E-state index contributed by atoms with van der Waals surface area (Å²) < 4.78 is 1.92. The topological polar surface area (TPSA) is 74.0 Å². The molecular weight excluding hydrogens is 364 g/mol. The average Bonchev–Trinajstić information content (AvgIpc) is 3.23. The summed E-state index contributed by atoms with van der Waals surface area (Å²) in [5.74, 6) is 2.36. The van der Waals surface area contributed by atoms with Crippen LogP contribution in [0, 0.1) is 5.92 Å². The number of rotatable bonds is 5. The molecule has 8 nitrogen and oxygen atoms in total. The van der Waals surface area contributed by atoms with Crippen molar-refractivity contribution in [2.45, 2.75) is 19.4 Å². The molecule has 1 aliphatic heterocycles. The molecule has 0 saturated carbocycles. The Morgan fingerprint density at radius 3 is 2.97 bits per heavy atom. The molecule has 152 valence electrons. The summed E-state index contributed by atoms with van der Waals surface area (Å²) in [7, 11) is 4.06. The van der Waals surface area contributed by atoms with Gasteiger partial charge in [-0.3, -0.25) is 4.40 Å². The lowest BCUT2D eigenvalue weighted by atomic mass is 9.98. The van der Waals surface area contributed by atoms with E-state index >= 15 is 0 Å². The van der Waals surface area contributed by atoms with Gasteiger partial charge in [-0.1, -0.05) is 30.3 Å². The Labute approximate surface area is 171 Å². The van der Waals surface area contributed by atoms with Gasteiger partial charge in [-0.2, -0.15) is 0 Å². The Bertz CT molecular complexity index is 949. The molecule has 1 N–H and O–H groups in total. The highest BCUT2D eigenvalue weighted by atomic mass is 15.3. The van der Waals surface area contributed by atoms with Crippen LogP contribution in [0.15, 0.2) is 54.0 Å². The first-order valence-corrected chi connectivity index (χ1v) is 10.1. The lowest BCUT2D eigenvalue weighted by molar-refractivity contribution is 0.403. The van der Waals surface area contributed by atoms with Crippen molar-refractivity contribution >= 4 is 17.4 Å². The molecule has 0 aliphatic carbocycles. The highest BCUT2D eigenvalue weighted by Crippen LogP contribution is 2.23. The number of aliphatic imine (C=N–C) groups is 1. The van der Waals surface area contributed by atoms with Crippen LogP contribution in [0.25, 0.3) is 5.65 Å². The molecule has 1 atom stereocenters. The van der Waals surface area contributed by atoms with E-state index in [1.54, 1.807) is 6.33 Å². The quantitative estimate of drug-likeness (QED) is 0.529. The van der Waals surface area contributed by atoms with Crippen LogP contribution in [-0.2, 0) is 6.54 Å². The Kier molecular flexibility index (Phi) is 5.88. The number of hydrogen-bond donors (Lipinski definition) is 1. The van der Waals surface area contributed by atoms with E-state index in [2.05, 4.69) is 37.5 Å². The fraction of sp³-hybridized carbons (Fsp3) is 0.429. The summed E-state index contributed by atoms with van der Waals surface area (Å²) in [6.45, 7) is 3.51. The third-order valence-corrected chi connectivity index (χ3v) is 5.24. The number of hydrogen-bond acceptors (Lipinski definition) is 5. The Morgan fingerprint density at radius 2 is 2.14 bits per heavy atom. The van der Waals surface area contributed by atoms with Gasteiger partial charge in [0.05, 0.1) is 6.54 Å². The molecule has 0 spiro atoms. The van der Waals surface area contributed by atoms with Gasteiger partial charge in [-0.05, 0) is 24.3 Å². The molecule has 2 aromatic heterocycles. The second kappa shape index (κ2) is 8.89. The molecule has 0 bridgehead atoms. The third-order valence-electron chi connectivity index (χ3n) is 5.24. The lowest BCUT2D eigenvalue weighted by Crippen LogP contribution is -2.44. The number of anilines is 1. The second-order valence-electron chi connectivity index (χ2n) is 7.67. The van der Waals surface area contributed by atoms with E-state index in [1.807, 2.05) is 54.0 Å². The van der Waals surface area contributed by atoms with Gasteiger partial charge in [-0.15, -0.1) is 10.2 Å². The highest BCUT2D eigenvalue weighted by molar-refractivity contribution is 5.79. The number of piperidine rings is 1. The number of guanidine groups is 1. The van der Waals surface area contributed by atoms with Crippen molar-refractivity contribution in [3.63, 3.8) is 0 Å². The zero-order chi connectivity index (χ0) is 20.1. The van der Waals surface area contributed by atoms with Crippen LogP contribution in [-0.4, -0.2) is 64.2 Å². The van der Waals surface area contributed by atoms with Gasteiger partial charge < -0.3 is 15.1 Å². The monoisotopic (exact) mass is 392 g/mol. The van der Waals surface area contributed by atoms with Crippen molar-refractivity contribution in [3.05, 3.63) is 54.6 Å². The van der Waals surface area contributed by atoms with Crippen LogP contribution in [0.5, 0.6) is 0 Å². The van der Waals surface area contributed by atoms with Crippen LogP contribution in [0.1, 0.15) is 18.4 Å². The smallest absolute Gasteiger partial charge is 0.203 e. The lowest BCUT2D eigenvalue weighted by Gasteiger charge is -2.34. The fourth-order valence-electron chi connectivity index (χ4n) is 3.73. The Hall–Kier alpha value is -3.16. The maximum absolute atomic E-state index is 4.77. The van der Waals surface area contributed by atoms with E-state index in [9.17, 15) is 0 Å². The minimum Gasteiger partial charge on any atom is -0.356 e. The van der Waals surface area contributed by atoms with Crippen LogP contribution in [0.3, 0.4) is 0 Å². The second-order valence-corrected chi connectivity index (χ2v) is 7.67. The number of nitrogens with zero attached hydrogens (tertiary/aromatic N) is 7. The number of fused-ring (bicyclic) bond motifs is 1. The van der Waals surface area contributed by atoms with E-state index in [0.717, 1.165) is 43.5 Å². The predicted molar refractivity (Wildman–Crippen MR) is 115 cm³/mol. The first-order valence-electron chi connectivity index (χ1n) is 10.1. The predicted octanol–water partition coefficient (Wildman–Crippen LogP) is 2.05. The van der Waals surface area contributed by atoms with Crippen LogP contribution < -0.4 is 10.2 Å². The first kappa shape index (κ1) is 19.2. The zero-order valence-electron chi connectivity index (χ0n) is 17.1. The molecule has 29 heavy (non-hydrogen) atoms. The maximum Gasteiger partial charge on any atom is 0.203 e. The summed E-state index contributed by atoms with van der Waals surface area (Å²) in [5, 5.41) is 11.8. The normalized spacial score (nSPS) is 17.5. The van der Waals surface area contributed by atoms with Crippen molar-refractivity contribution in [2.24, 2.45) is 10.9 Å². The highest BCUT2D eigenvalue weighted by Gasteiger charge is 2.23. The molecule has 3 aromatic rings. The molecule has 1 aliphatic rings. The summed E-state index contributed by atoms with van der Waals surface area (Å²) in [4.78, 5) is 13.7. The Balaban J connectivity index is 1.39. The van der Waals surface area contributed by atoms with Gasteiger partial charge in [0.2, 0.25) is 5.65 Å². The van der Waals surface area contributed by atoms with Gasteiger partial charge in [-0.25, -0.2) is 9.98 Å². The van der Waals surface area contributed by atoms with Crippen LogP contribution in [0.2, 0.25) is 0 Å². The summed E-state index contributed by atoms with van der Waals surface area (Å²) >= 11 is 0. The summed E-state index contributed by atoms with van der Waals surface area (Å²) in [6.07, 6.45) is 7.75. The van der Waals surface area contributed by atoms with Crippen molar-refractivity contribution in [2.75, 3.05) is 38.6 Å². The van der Waals surface area contributed by atoms with Gasteiger partial charge in [0.1, 0.15) is 6.33 Å². The van der Waals surface area contributed by atoms with Crippen molar-refractivity contribution in [1.82, 2.24) is 29.8 Å². The van der Waals surface area contributed by atoms with Crippen molar-refractivity contribution < 1.29 is 0 Å². The van der Waals surface area contributed by atoms with Gasteiger partial charge in [0, 0.05) is 46.1 Å². The molecule has 8 heteroatoms. The minimum absolute atomic E-state index is 0.524. The fourth-order valence-corrected chi connectivity index (χ4v) is 3.73. The van der Waals surface area contributed by atoms with E-state index in [4.69, 9.17) is 4.99 Å². The van der Waals surface area contributed by atoms with Gasteiger partial charge >= 0.3 is 0 Å². The molecule has 1 unspecified atom stereocenters. The molecule has 0 amide bonds. The SMILES string of the molecule is CN(C)C(=NCc1ccccc1)NCC1CCCN(c2nccn3cnnc23)C1. The van der Waals surface area contributed by atoms with Gasteiger partial charge in [0.15, 0.2) is 11.8 Å². The zero-order valence-corrected chi connectivity index (χ0v) is 17.1. The minimum atomic E-state index is 0.524. The molecule has 3 heterocycles. The molecule has 1 aromatic carbocycles. The Morgan fingerprint density at radius 1 is 1.28 bits per heavy atom. The third kappa shape index (κ3) is 4.64. The molecule has 0 radical (unpaired) electrons. The largest absolute Gasteiger partial charge is 0.356 e. The first-order chi connectivity index (χ1) is 14.2. The number of nitrogens with one attached hydrogen (secondary N) is 1. The van der Waals surface area contributed by atoms with Crippen LogP contribution >= 0.6 is 0 Å². The van der Waals surface area contributed by atoms with Crippen molar-refractivity contribution in [1.29, 1.82) is 0 Å². The number of aromatic nitrogens is 4. The molecule has 4 rings (SSSR count). The molecule has 1 saturated heterocycles. The standard InChI is InChI=1S/C21H28N8/c1-27(2)21(23-13-17-7-4-3-5-8-17)24-14-18-9-6-11-28(15-18)19-20-26-25-16-29(20)12-10-22-19/h3-5,7-8,10,12,16,18H,6,9,11,13-15H2,1-2H3,(H,23,24). The van der Waals surface area contributed by atoms with E-state index < -0.39 is 0 Å². The summed E-state index contributed by atoms with van der Waals surface area (Å²) in [5.41, 5.74) is 2.03. The van der Waals surface area contributed by atoms with Gasteiger partial charge in [0.25, 0.3) is 0 Å². The number of benzene rings is 1. The average molecular weight is 393 g/mol. The molecule has 1 fully saturated rings. The molecular formula is C21H28N8. The maximum atomic E-state index is 4.77. The van der Waals surface area contributed by atoms with Crippen molar-refractivity contribution in [3.8, 4) is 0 Å². The summed E-state index contributed by atoms with van der Waals surface area (Å²) in [6, 6.07) is 10.3.